The maximum Gasteiger partial charge on any atom is 0.340 e. The Hall–Kier alpha value is -1.20. The number of rotatable bonds is 12. The van der Waals surface area contributed by atoms with Crippen LogP contribution in [0.2, 0.25) is 0 Å². The average Bonchev–Trinajstić information content (AvgIpc) is 2.60. The smallest absolute Gasteiger partial charge is 0.340 e. The van der Waals surface area contributed by atoms with Gasteiger partial charge in [0.15, 0.2) is 0 Å². The molecule has 1 atom stereocenters. The molecule has 1 aromatic carbocycles. The average molecular weight is 385 g/mol. The van der Waals surface area contributed by atoms with Crippen molar-refractivity contribution in [1.29, 1.82) is 0 Å². The molecule has 1 unspecified atom stereocenters. The van der Waals surface area contributed by atoms with Crippen molar-refractivity contribution < 1.29 is 23.1 Å². The molecule has 0 heterocycles. The van der Waals surface area contributed by atoms with Crippen LogP contribution < -0.4 is 4.74 Å². The topological polar surface area (TPSA) is 65.1 Å². The first-order chi connectivity index (χ1) is 12.2. The second kappa shape index (κ2) is 10.2. The lowest BCUT2D eigenvalue weighted by Gasteiger charge is -2.38. The molecule has 1 aromatic rings. The Balaban J connectivity index is 2.88. The Morgan fingerprint density at radius 2 is 1.69 bits per heavy atom. The summed E-state index contributed by atoms with van der Waals surface area (Å²) in [5, 5.41) is 0. The predicted octanol–water partition coefficient (Wildman–Crippen LogP) is 4.13. The number of hydrogen-bond acceptors (Lipinski definition) is 6. The summed E-state index contributed by atoms with van der Waals surface area (Å²) in [6.07, 6.45) is 1.08. The van der Waals surface area contributed by atoms with Gasteiger partial charge in [0, 0.05) is 12.1 Å². The Morgan fingerprint density at radius 3 is 2.12 bits per heavy atom. The number of methoxy groups -OCH3 is 1. The highest BCUT2D eigenvalue weighted by atomic mass is 31.2. The first-order valence-corrected chi connectivity index (χ1v) is 10.5. The van der Waals surface area contributed by atoms with Crippen molar-refractivity contribution in [2.45, 2.75) is 51.9 Å². The van der Waals surface area contributed by atoms with Crippen molar-refractivity contribution in [2.24, 2.45) is 0 Å². The molecule has 0 bridgehead atoms. The van der Waals surface area contributed by atoms with Gasteiger partial charge >= 0.3 is 7.60 Å². The van der Waals surface area contributed by atoms with Gasteiger partial charge in [-0.15, -0.1) is 0 Å². The fraction of sp³-hybridized carbons (Fsp3) is 0.632. The quantitative estimate of drug-likeness (QED) is 0.398. The van der Waals surface area contributed by atoms with E-state index in [2.05, 4.69) is 4.90 Å². The summed E-state index contributed by atoms with van der Waals surface area (Å²) < 4.78 is 28.9. The first kappa shape index (κ1) is 22.8. The lowest BCUT2D eigenvalue weighted by molar-refractivity contribution is -0.108. The minimum Gasteiger partial charge on any atom is -0.497 e. The number of carbonyl (C=O) groups excluding carboxylic acids is 1. The summed E-state index contributed by atoms with van der Waals surface area (Å²) in [5.74, 6) is 0.811. The minimum absolute atomic E-state index is 0.240. The number of hydrogen-bond donors (Lipinski definition) is 0. The van der Waals surface area contributed by atoms with E-state index in [1.807, 2.05) is 45.2 Å². The third-order valence-corrected chi connectivity index (χ3v) is 6.86. The Labute approximate surface area is 157 Å². The van der Waals surface area contributed by atoms with Crippen LogP contribution in [0.4, 0.5) is 0 Å². The molecular formula is C19H32NO5P. The summed E-state index contributed by atoms with van der Waals surface area (Å²) in [5.41, 5.74) is -0.0485. The second-order valence-corrected chi connectivity index (χ2v) is 9.06. The second-order valence-electron chi connectivity index (χ2n) is 6.80. The summed E-state index contributed by atoms with van der Waals surface area (Å²) in [6.45, 7) is 8.71. The summed E-state index contributed by atoms with van der Waals surface area (Å²) in [6, 6.07) is 7.85. The standard InChI is InChI=1S/C19H32NO5P/c1-7-24-26(22,25-8-2)18(15-21)13-19(3,4)20(5)14-16-9-11-17(23-6)12-10-16/h9-12,15,18H,7-8,13-14H2,1-6H3. The highest BCUT2D eigenvalue weighted by molar-refractivity contribution is 7.55. The van der Waals surface area contributed by atoms with Crippen LogP contribution in [0.3, 0.4) is 0 Å². The van der Waals surface area contributed by atoms with Crippen molar-refractivity contribution in [1.82, 2.24) is 4.90 Å². The van der Waals surface area contributed by atoms with Crippen molar-refractivity contribution in [2.75, 3.05) is 27.4 Å². The number of aldehydes is 1. The largest absolute Gasteiger partial charge is 0.497 e. The molecule has 0 saturated heterocycles. The van der Waals surface area contributed by atoms with E-state index < -0.39 is 13.3 Å². The maximum absolute atomic E-state index is 13.0. The van der Waals surface area contributed by atoms with Crippen LogP contribution in [-0.4, -0.2) is 49.8 Å². The van der Waals surface area contributed by atoms with E-state index in [1.165, 1.54) is 0 Å². The molecule has 0 amide bonds. The molecule has 0 N–H and O–H groups in total. The van der Waals surface area contributed by atoms with Gasteiger partial charge in [0.25, 0.3) is 0 Å². The normalized spacial score (nSPS) is 13.7. The van der Waals surface area contributed by atoms with Gasteiger partial charge in [-0.2, -0.15) is 0 Å². The van der Waals surface area contributed by atoms with Gasteiger partial charge in [-0.25, -0.2) is 0 Å². The van der Waals surface area contributed by atoms with Gasteiger partial charge in [-0.1, -0.05) is 12.1 Å². The monoisotopic (exact) mass is 385 g/mol. The van der Waals surface area contributed by atoms with Gasteiger partial charge in [0.2, 0.25) is 0 Å². The van der Waals surface area contributed by atoms with Crippen LogP contribution in [0.15, 0.2) is 24.3 Å². The summed E-state index contributed by atoms with van der Waals surface area (Å²) in [7, 11) is 0.152. The lowest BCUT2D eigenvalue weighted by atomic mass is 9.96. The molecule has 0 aliphatic rings. The van der Waals surface area contributed by atoms with Crippen molar-refractivity contribution in [3.63, 3.8) is 0 Å². The Bertz CT molecular complexity index is 592. The Kier molecular flexibility index (Phi) is 8.97. The number of ether oxygens (including phenoxy) is 1. The van der Waals surface area contributed by atoms with E-state index in [4.69, 9.17) is 13.8 Å². The zero-order chi connectivity index (χ0) is 19.8. The highest BCUT2D eigenvalue weighted by Crippen LogP contribution is 2.54. The van der Waals surface area contributed by atoms with Crippen LogP contribution in [0.5, 0.6) is 5.75 Å². The van der Waals surface area contributed by atoms with E-state index in [0.717, 1.165) is 11.3 Å². The summed E-state index contributed by atoms with van der Waals surface area (Å²) >= 11 is 0. The number of benzene rings is 1. The first-order valence-electron chi connectivity index (χ1n) is 8.90. The van der Waals surface area contributed by atoms with Crippen LogP contribution in [0.1, 0.15) is 39.7 Å². The molecular weight excluding hydrogens is 353 g/mol. The molecule has 0 aliphatic heterocycles. The van der Waals surface area contributed by atoms with Crippen molar-refractivity contribution in [3.05, 3.63) is 29.8 Å². The van der Waals surface area contributed by atoms with E-state index in [-0.39, 0.29) is 18.8 Å². The minimum atomic E-state index is -3.47. The van der Waals surface area contributed by atoms with Gasteiger partial charge in [-0.3, -0.25) is 9.46 Å². The maximum atomic E-state index is 13.0. The van der Waals surface area contributed by atoms with E-state index in [0.29, 0.717) is 19.3 Å². The van der Waals surface area contributed by atoms with Crippen LogP contribution in [-0.2, 0) is 25.0 Å². The van der Waals surface area contributed by atoms with Crippen LogP contribution in [0, 0.1) is 0 Å². The number of nitrogens with zero attached hydrogens (tertiary/aromatic N) is 1. The molecule has 6 nitrogen and oxygen atoms in total. The van der Waals surface area contributed by atoms with Crippen molar-refractivity contribution in [3.8, 4) is 5.75 Å². The van der Waals surface area contributed by atoms with Gasteiger partial charge in [0.1, 0.15) is 17.7 Å². The van der Waals surface area contributed by atoms with Gasteiger partial charge in [-0.05, 0) is 58.9 Å². The molecule has 0 saturated carbocycles. The number of carbonyl (C=O) groups is 1. The fourth-order valence-corrected chi connectivity index (χ4v) is 4.71. The van der Waals surface area contributed by atoms with Crippen LogP contribution >= 0.6 is 7.60 Å². The van der Waals surface area contributed by atoms with Gasteiger partial charge < -0.3 is 18.6 Å². The zero-order valence-electron chi connectivity index (χ0n) is 16.7. The van der Waals surface area contributed by atoms with Crippen molar-refractivity contribution >= 4 is 13.9 Å². The highest BCUT2D eigenvalue weighted by Gasteiger charge is 2.40. The van der Waals surface area contributed by atoms with Gasteiger partial charge in [0.05, 0.1) is 20.3 Å². The van der Waals surface area contributed by atoms with Crippen LogP contribution in [0.25, 0.3) is 0 Å². The van der Waals surface area contributed by atoms with E-state index >= 15 is 0 Å². The molecule has 1 rings (SSSR count). The molecule has 7 heteroatoms. The molecule has 0 fully saturated rings. The zero-order valence-corrected chi connectivity index (χ0v) is 17.6. The fourth-order valence-electron chi connectivity index (χ4n) is 2.71. The lowest BCUT2D eigenvalue weighted by Crippen LogP contribution is -2.43. The third-order valence-electron chi connectivity index (χ3n) is 4.50. The van der Waals surface area contributed by atoms with E-state index in [9.17, 15) is 9.36 Å². The Morgan fingerprint density at radius 1 is 1.15 bits per heavy atom. The SMILES string of the molecule is CCOP(=O)(OCC)C(C=O)CC(C)(C)N(C)Cc1ccc(OC)cc1. The molecule has 0 radical (unpaired) electrons. The summed E-state index contributed by atoms with van der Waals surface area (Å²) in [4.78, 5) is 13.8. The predicted molar refractivity (Wildman–Crippen MR) is 104 cm³/mol. The van der Waals surface area contributed by atoms with E-state index in [1.54, 1.807) is 21.0 Å². The molecule has 26 heavy (non-hydrogen) atoms. The third kappa shape index (κ3) is 6.20. The molecule has 0 spiro atoms. The molecule has 148 valence electrons. The molecule has 0 aromatic heterocycles. The molecule has 0 aliphatic carbocycles.